The molecule has 0 aliphatic heterocycles. The smallest absolute Gasteiger partial charge is 0.175 e. The Morgan fingerprint density at radius 3 is 2.41 bits per heavy atom. The number of halogens is 2. The molecule has 0 amide bonds. The van der Waals surface area contributed by atoms with Gasteiger partial charge in [0, 0.05) is 22.2 Å². The molecule has 0 aliphatic rings. The zero-order valence-electron chi connectivity index (χ0n) is 12.2. The molecule has 6 heteroatoms. The molecule has 0 N–H and O–H groups in total. The van der Waals surface area contributed by atoms with E-state index < -0.39 is 0 Å². The maximum Gasteiger partial charge on any atom is 0.175 e. The Kier molecular flexibility index (Phi) is 4.14. The Bertz CT molecular complexity index is 810. The fourth-order valence-corrected chi connectivity index (χ4v) is 2.76. The molecule has 2 aromatic heterocycles. The van der Waals surface area contributed by atoms with Crippen molar-refractivity contribution in [3.05, 3.63) is 69.1 Å². The van der Waals surface area contributed by atoms with Gasteiger partial charge in [0.25, 0.3) is 0 Å². The van der Waals surface area contributed by atoms with E-state index in [9.17, 15) is 0 Å². The van der Waals surface area contributed by atoms with Crippen LogP contribution in [-0.4, -0.2) is 20.0 Å². The lowest BCUT2D eigenvalue weighted by Gasteiger charge is -2.06. The lowest BCUT2D eigenvalue weighted by atomic mass is 10.1. The average molecular weight is 333 g/mol. The highest BCUT2D eigenvalue weighted by molar-refractivity contribution is 6.35. The molecule has 0 aliphatic carbocycles. The molecule has 0 radical (unpaired) electrons. The highest BCUT2D eigenvalue weighted by Crippen LogP contribution is 2.23. The first-order valence-electron chi connectivity index (χ1n) is 6.83. The van der Waals surface area contributed by atoms with E-state index in [1.54, 1.807) is 10.7 Å². The highest BCUT2D eigenvalue weighted by Gasteiger charge is 2.08. The van der Waals surface area contributed by atoms with Gasteiger partial charge in [-0.1, -0.05) is 29.3 Å². The molecule has 2 heterocycles. The van der Waals surface area contributed by atoms with Crippen LogP contribution >= 0.6 is 23.2 Å². The van der Waals surface area contributed by atoms with Crippen LogP contribution in [0.15, 0.2) is 36.4 Å². The third kappa shape index (κ3) is 3.13. The van der Waals surface area contributed by atoms with Gasteiger partial charge in [-0.05, 0) is 49.7 Å². The number of aromatic nitrogens is 4. The lowest BCUT2D eigenvalue weighted by Crippen LogP contribution is -2.05. The van der Waals surface area contributed by atoms with Crippen molar-refractivity contribution < 1.29 is 0 Å². The molecule has 3 rings (SSSR count). The first kappa shape index (κ1) is 15.0. The lowest BCUT2D eigenvalue weighted by molar-refractivity contribution is 0.771. The zero-order chi connectivity index (χ0) is 15.7. The van der Waals surface area contributed by atoms with Gasteiger partial charge < -0.3 is 0 Å². The number of rotatable bonds is 3. The Morgan fingerprint density at radius 1 is 1.00 bits per heavy atom. The second kappa shape index (κ2) is 6.07. The summed E-state index contributed by atoms with van der Waals surface area (Å²) >= 11 is 12.1. The van der Waals surface area contributed by atoms with E-state index in [4.69, 9.17) is 23.2 Å². The summed E-state index contributed by atoms with van der Waals surface area (Å²) in [4.78, 5) is 0. The summed E-state index contributed by atoms with van der Waals surface area (Å²) in [5.74, 6) is 0.705. The summed E-state index contributed by atoms with van der Waals surface area (Å²) in [6.07, 6.45) is 0.612. The zero-order valence-corrected chi connectivity index (χ0v) is 13.7. The SMILES string of the molecule is Cc1cc(C)n(-c2ccc(Cc3ccc(Cl)cc3Cl)nn2)n1. The Balaban J connectivity index is 1.84. The van der Waals surface area contributed by atoms with Gasteiger partial charge in [0.2, 0.25) is 0 Å². The van der Waals surface area contributed by atoms with E-state index in [0.29, 0.717) is 22.3 Å². The molecule has 0 bridgehead atoms. The quantitative estimate of drug-likeness (QED) is 0.722. The van der Waals surface area contributed by atoms with Crippen molar-refractivity contribution in [2.45, 2.75) is 20.3 Å². The summed E-state index contributed by atoms with van der Waals surface area (Å²) < 4.78 is 1.78. The van der Waals surface area contributed by atoms with Gasteiger partial charge in [0.1, 0.15) is 0 Å². The first-order valence-corrected chi connectivity index (χ1v) is 7.59. The summed E-state index contributed by atoms with van der Waals surface area (Å²) in [5.41, 5.74) is 3.80. The van der Waals surface area contributed by atoms with Crippen molar-refractivity contribution >= 4 is 23.2 Å². The van der Waals surface area contributed by atoms with Crippen LogP contribution in [0, 0.1) is 13.8 Å². The molecule has 22 heavy (non-hydrogen) atoms. The van der Waals surface area contributed by atoms with E-state index in [-0.39, 0.29) is 0 Å². The second-order valence-corrected chi connectivity index (χ2v) is 5.98. The normalized spacial score (nSPS) is 10.9. The number of hydrogen-bond donors (Lipinski definition) is 0. The third-order valence-corrected chi connectivity index (χ3v) is 3.91. The second-order valence-electron chi connectivity index (χ2n) is 5.13. The third-order valence-electron chi connectivity index (χ3n) is 3.32. The fourth-order valence-electron chi connectivity index (χ4n) is 2.28. The van der Waals surface area contributed by atoms with Crippen molar-refractivity contribution in [3.8, 4) is 5.82 Å². The summed E-state index contributed by atoms with van der Waals surface area (Å²) in [7, 11) is 0. The molecule has 0 fully saturated rings. The van der Waals surface area contributed by atoms with Gasteiger partial charge in [-0.15, -0.1) is 5.10 Å². The van der Waals surface area contributed by atoms with Crippen molar-refractivity contribution in [3.63, 3.8) is 0 Å². The molecule has 0 spiro atoms. The number of aryl methyl sites for hydroxylation is 2. The summed E-state index contributed by atoms with van der Waals surface area (Å²) in [5, 5.41) is 14.2. The van der Waals surface area contributed by atoms with Gasteiger partial charge in [-0.25, -0.2) is 4.68 Å². The Hall–Kier alpha value is -1.91. The van der Waals surface area contributed by atoms with Crippen LogP contribution in [0.25, 0.3) is 5.82 Å². The first-order chi connectivity index (χ1) is 10.5. The standard InChI is InChI=1S/C16H14Cl2N4/c1-10-7-11(2)22(21-10)16-6-5-14(19-20-16)8-12-3-4-13(17)9-15(12)18/h3-7,9H,8H2,1-2H3. The van der Waals surface area contributed by atoms with Crippen LogP contribution in [0.1, 0.15) is 22.6 Å². The summed E-state index contributed by atoms with van der Waals surface area (Å²) in [6.45, 7) is 3.94. The van der Waals surface area contributed by atoms with Crippen molar-refractivity contribution in [1.82, 2.24) is 20.0 Å². The molecule has 1 aromatic carbocycles. The maximum absolute atomic E-state index is 6.18. The molecule has 4 nitrogen and oxygen atoms in total. The van der Waals surface area contributed by atoms with E-state index in [1.165, 1.54) is 0 Å². The molecule has 0 saturated carbocycles. The minimum absolute atomic E-state index is 0.612. The number of hydrogen-bond acceptors (Lipinski definition) is 3. The predicted molar refractivity (Wildman–Crippen MR) is 87.9 cm³/mol. The van der Waals surface area contributed by atoms with Crippen LogP contribution in [0.3, 0.4) is 0 Å². The van der Waals surface area contributed by atoms with Crippen molar-refractivity contribution in [1.29, 1.82) is 0 Å². The largest absolute Gasteiger partial charge is 0.218 e. The van der Waals surface area contributed by atoms with E-state index in [2.05, 4.69) is 15.3 Å². The maximum atomic E-state index is 6.18. The van der Waals surface area contributed by atoms with Crippen molar-refractivity contribution in [2.75, 3.05) is 0 Å². The Morgan fingerprint density at radius 2 is 1.82 bits per heavy atom. The van der Waals surface area contributed by atoms with Crippen molar-refractivity contribution in [2.24, 2.45) is 0 Å². The van der Waals surface area contributed by atoms with Crippen LogP contribution in [-0.2, 0) is 6.42 Å². The molecular weight excluding hydrogens is 319 g/mol. The molecule has 0 saturated heterocycles. The average Bonchev–Trinajstić information content (AvgIpc) is 2.82. The van der Waals surface area contributed by atoms with E-state index in [0.717, 1.165) is 22.6 Å². The van der Waals surface area contributed by atoms with Gasteiger partial charge in [0.15, 0.2) is 5.82 Å². The highest BCUT2D eigenvalue weighted by atomic mass is 35.5. The van der Waals surface area contributed by atoms with E-state index >= 15 is 0 Å². The van der Waals surface area contributed by atoms with Gasteiger partial charge in [0.05, 0.1) is 11.4 Å². The molecular formula is C16H14Cl2N4. The molecule has 3 aromatic rings. The van der Waals surface area contributed by atoms with Gasteiger partial charge in [-0.3, -0.25) is 0 Å². The summed E-state index contributed by atoms with van der Waals surface area (Å²) in [6, 6.07) is 11.3. The topological polar surface area (TPSA) is 43.6 Å². The van der Waals surface area contributed by atoms with Gasteiger partial charge >= 0.3 is 0 Å². The van der Waals surface area contributed by atoms with E-state index in [1.807, 2.05) is 44.2 Å². The minimum Gasteiger partial charge on any atom is -0.218 e. The van der Waals surface area contributed by atoms with Crippen LogP contribution in [0.2, 0.25) is 10.0 Å². The fraction of sp³-hybridized carbons (Fsp3) is 0.188. The van der Waals surface area contributed by atoms with Crippen LogP contribution < -0.4 is 0 Å². The molecule has 112 valence electrons. The number of benzene rings is 1. The molecule has 0 unspecified atom stereocenters. The monoisotopic (exact) mass is 332 g/mol. The van der Waals surface area contributed by atoms with Gasteiger partial charge in [-0.2, -0.15) is 10.2 Å². The number of nitrogens with zero attached hydrogens (tertiary/aromatic N) is 4. The van der Waals surface area contributed by atoms with Crippen LogP contribution in [0.4, 0.5) is 0 Å². The Labute approximate surface area is 138 Å². The molecule has 0 atom stereocenters. The van der Waals surface area contributed by atoms with Crippen LogP contribution in [0.5, 0.6) is 0 Å². The minimum atomic E-state index is 0.612. The predicted octanol–water partition coefficient (Wildman–Crippen LogP) is 4.18.